The van der Waals surface area contributed by atoms with Gasteiger partial charge < -0.3 is 15.2 Å². The van der Waals surface area contributed by atoms with E-state index < -0.39 is 5.97 Å². The molecular weight excluding hydrogens is 196 g/mol. The fourth-order valence-electron chi connectivity index (χ4n) is 1.22. The van der Waals surface area contributed by atoms with Crippen LogP contribution in [-0.4, -0.2) is 35.8 Å². The van der Waals surface area contributed by atoms with Gasteiger partial charge in [0, 0.05) is 19.3 Å². The molecule has 5 nitrogen and oxygen atoms in total. The van der Waals surface area contributed by atoms with Crippen LogP contribution in [0, 0.1) is 0 Å². The second kappa shape index (κ2) is 5.31. The van der Waals surface area contributed by atoms with Crippen molar-refractivity contribution in [2.75, 3.05) is 19.0 Å². The van der Waals surface area contributed by atoms with Crippen molar-refractivity contribution in [2.45, 2.75) is 13.0 Å². The Morgan fingerprint density at radius 3 is 3.07 bits per heavy atom. The van der Waals surface area contributed by atoms with E-state index in [0.717, 1.165) is 0 Å². The summed E-state index contributed by atoms with van der Waals surface area (Å²) in [6.07, 6.45) is 1.55. The van der Waals surface area contributed by atoms with Gasteiger partial charge in [0.1, 0.15) is 11.4 Å². The third-order valence-corrected chi connectivity index (χ3v) is 1.84. The number of ether oxygens (including phenoxy) is 1. The van der Waals surface area contributed by atoms with Crippen LogP contribution in [0.4, 0.5) is 5.82 Å². The highest BCUT2D eigenvalue weighted by atomic mass is 16.5. The number of aromatic carboxylic acids is 1. The van der Waals surface area contributed by atoms with Gasteiger partial charge >= 0.3 is 5.97 Å². The Morgan fingerprint density at radius 1 is 1.73 bits per heavy atom. The summed E-state index contributed by atoms with van der Waals surface area (Å²) < 4.78 is 4.94. The Bertz CT molecular complexity index is 341. The van der Waals surface area contributed by atoms with E-state index in [2.05, 4.69) is 10.3 Å². The second-order valence-electron chi connectivity index (χ2n) is 3.21. The van der Waals surface area contributed by atoms with Gasteiger partial charge in [0.2, 0.25) is 0 Å². The highest BCUT2D eigenvalue weighted by Gasteiger charge is 2.12. The average molecular weight is 210 g/mol. The van der Waals surface area contributed by atoms with E-state index in [4.69, 9.17) is 9.84 Å². The van der Waals surface area contributed by atoms with Crippen LogP contribution in [0.25, 0.3) is 0 Å². The zero-order valence-electron chi connectivity index (χ0n) is 8.73. The van der Waals surface area contributed by atoms with E-state index in [-0.39, 0.29) is 11.6 Å². The van der Waals surface area contributed by atoms with E-state index in [0.29, 0.717) is 12.4 Å². The zero-order chi connectivity index (χ0) is 11.3. The van der Waals surface area contributed by atoms with Crippen LogP contribution < -0.4 is 5.32 Å². The third-order valence-electron chi connectivity index (χ3n) is 1.84. The van der Waals surface area contributed by atoms with E-state index >= 15 is 0 Å². The van der Waals surface area contributed by atoms with Gasteiger partial charge in [-0.3, -0.25) is 0 Å². The lowest BCUT2D eigenvalue weighted by Crippen LogP contribution is -2.23. The summed E-state index contributed by atoms with van der Waals surface area (Å²) in [5.74, 6) is -0.621. The minimum atomic E-state index is -0.991. The van der Waals surface area contributed by atoms with Crippen molar-refractivity contribution in [3.8, 4) is 0 Å². The van der Waals surface area contributed by atoms with Crippen LogP contribution in [0.3, 0.4) is 0 Å². The third kappa shape index (κ3) is 3.21. The number of hydrogen-bond acceptors (Lipinski definition) is 4. The van der Waals surface area contributed by atoms with Crippen molar-refractivity contribution in [3.05, 3.63) is 23.9 Å². The van der Waals surface area contributed by atoms with Crippen LogP contribution in [0.2, 0.25) is 0 Å². The average Bonchev–Trinajstić information content (AvgIpc) is 2.18. The summed E-state index contributed by atoms with van der Waals surface area (Å²) in [5, 5.41) is 11.9. The monoisotopic (exact) mass is 210 g/mol. The van der Waals surface area contributed by atoms with Crippen LogP contribution >= 0.6 is 0 Å². The van der Waals surface area contributed by atoms with Crippen molar-refractivity contribution >= 4 is 11.8 Å². The highest BCUT2D eigenvalue weighted by Crippen LogP contribution is 2.12. The molecule has 2 N–H and O–H groups in total. The first-order chi connectivity index (χ1) is 7.15. The molecule has 0 amide bonds. The molecule has 82 valence electrons. The number of carboxylic acids is 1. The van der Waals surface area contributed by atoms with Gasteiger partial charge in [-0.25, -0.2) is 9.78 Å². The molecule has 1 atom stereocenters. The molecule has 0 aliphatic rings. The first kappa shape index (κ1) is 11.5. The van der Waals surface area contributed by atoms with E-state index in [1.54, 1.807) is 19.4 Å². The van der Waals surface area contributed by atoms with Crippen molar-refractivity contribution < 1.29 is 14.6 Å². The highest BCUT2D eigenvalue weighted by molar-refractivity contribution is 5.93. The Morgan fingerprint density at radius 2 is 2.47 bits per heavy atom. The van der Waals surface area contributed by atoms with Gasteiger partial charge in [-0.1, -0.05) is 0 Å². The number of rotatable bonds is 5. The summed E-state index contributed by atoms with van der Waals surface area (Å²) >= 11 is 0. The van der Waals surface area contributed by atoms with Gasteiger partial charge in [-0.15, -0.1) is 0 Å². The Labute approximate surface area is 88.1 Å². The topological polar surface area (TPSA) is 71.5 Å². The molecule has 0 saturated heterocycles. The lowest BCUT2D eigenvalue weighted by Gasteiger charge is -2.14. The molecule has 0 spiro atoms. The Kier molecular flexibility index (Phi) is 4.05. The lowest BCUT2D eigenvalue weighted by molar-refractivity contribution is 0.0697. The Balaban J connectivity index is 2.79. The SMILES string of the molecule is COCC(C)Nc1ncccc1C(=O)O. The van der Waals surface area contributed by atoms with Crippen molar-refractivity contribution in [1.29, 1.82) is 0 Å². The maximum absolute atomic E-state index is 10.8. The number of anilines is 1. The number of pyridine rings is 1. The lowest BCUT2D eigenvalue weighted by atomic mass is 10.2. The van der Waals surface area contributed by atoms with Gasteiger partial charge in [0.25, 0.3) is 0 Å². The van der Waals surface area contributed by atoms with Crippen LogP contribution in [-0.2, 0) is 4.74 Å². The predicted molar refractivity (Wildman–Crippen MR) is 56.2 cm³/mol. The van der Waals surface area contributed by atoms with Crippen molar-refractivity contribution in [1.82, 2.24) is 4.98 Å². The number of nitrogens with zero attached hydrogens (tertiary/aromatic N) is 1. The standard InChI is InChI=1S/C10H14N2O3/c1-7(6-15-2)12-9-8(10(13)14)4-3-5-11-9/h3-5,7H,6H2,1-2H3,(H,11,12)(H,13,14). The maximum Gasteiger partial charge on any atom is 0.339 e. The molecule has 1 aromatic heterocycles. The largest absolute Gasteiger partial charge is 0.478 e. The van der Waals surface area contributed by atoms with Gasteiger partial charge in [0.15, 0.2) is 0 Å². The first-order valence-electron chi connectivity index (χ1n) is 4.59. The van der Waals surface area contributed by atoms with Gasteiger partial charge in [-0.05, 0) is 19.1 Å². The number of hydrogen-bond donors (Lipinski definition) is 2. The van der Waals surface area contributed by atoms with Crippen LogP contribution in [0.5, 0.6) is 0 Å². The quantitative estimate of drug-likeness (QED) is 0.764. The molecule has 0 aliphatic heterocycles. The number of carboxylic acid groups (broad SMARTS) is 1. The molecule has 1 unspecified atom stereocenters. The molecule has 0 aromatic carbocycles. The van der Waals surface area contributed by atoms with Gasteiger partial charge in [0.05, 0.1) is 6.61 Å². The fraction of sp³-hybridized carbons (Fsp3) is 0.400. The predicted octanol–water partition coefficient (Wildman–Crippen LogP) is 1.23. The Hall–Kier alpha value is -1.62. The summed E-state index contributed by atoms with van der Waals surface area (Å²) in [5.41, 5.74) is 0.167. The van der Waals surface area contributed by atoms with Crippen molar-refractivity contribution in [2.24, 2.45) is 0 Å². The zero-order valence-corrected chi connectivity index (χ0v) is 8.73. The minimum Gasteiger partial charge on any atom is -0.478 e. The van der Waals surface area contributed by atoms with Crippen molar-refractivity contribution in [3.63, 3.8) is 0 Å². The van der Waals surface area contributed by atoms with Gasteiger partial charge in [-0.2, -0.15) is 0 Å². The minimum absolute atomic E-state index is 0.0167. The molecule has 0 radical (unpaired) electrons. The first-order valence-corrected chi connectivity index (χ1v) is 4.59. The van der Waals surface area contributed by atoms with E-state index in [1.807, 2.05) is 6.92 Å². The number of nitrogens with one attached hydrogen (secondary N) is 1. The molecule has 0 bridgehead atoms. The molecule has 0 fully saturated rings. The fourth-order valence-corrected chi connectivity index (χ4v) is 1.22. The van der Waals surface area contributed by atoms with E-state index in [1.165, 1.54) is 6.07 Å². The van der Waals surface area contributed by atoms with Crippen LogP contribution in [0.15, 0.2) is 18.3 Å². The summed E-state index contributed by atoms with van der Waals surface area (Å²) in [7, 11) is 1.59. The molecule has 5 heteroatoms. The molecule has 15 heavy (non-hydrogen) atoms. The summed E-state index contributed by atoms with van der Waals surface area (Å²) in [6.45, 7) is 2.39. The summed E-state index contributed by atoms with van der Waals surface area (Å²) in [6, 6.07) is 3.12. The number of methoxy groups -OCH3 is 1. The van der Waals surface area contributed by atoms with E-state index in [9.17, 15) is 4.79 Å². The van der Waals surface area contributed by atoms with Crippen LogP contribution in [0.1, 0.15) is 17.3 Å². The molecule has 1 aromatic rings. The second-order valence-corrected chi connectivity index (χ2v) is 3.21. The molecule has 0 saturated carbocycles. The smallest absolute Gasteiger partial charge is 0.339 e. The molecule has 1 heterocycles. The molecular formula is C10H14N2O3. The normalized spacial score (nSPS) is 12.1. The molecule has 0 aliphatic carbocycles. The molecule has 1 rings (SSSR count). The number of carbonyl (C=O) groups is 1. The summed E-state index contributed by atoms with van der Waals surface area (Å²) in [4.78, 5) is 14.8. The maximum atomic E-state index is 10.8. The number of aromatic nitrogens is 1.